The number of rotatable bonds is 10. The first kappa shape index (κ1) is 34.5. The molecule has 1 saturated carbocycles. The molecule has 2 aliphatic heterocycles. The number of alkyl halides is 5. The van der Waals surface area contributed by atoms with Gasteiger partial charge in [-0.05, 0) is 50.3 Å². The Morgan fingerprint density at radius 3 is 2.51 bits per heavy atom. The Balaban J connectivity index is 1.73. The van der Waals surface area contributed by atoms with E-state index in [-0.39, 0.29) is 36.2 Å². The summed E-state index contributed by atoms with van der Waals surface area (Å²) in [6.07, 6.45) is -5.13. The van der Waals surface area contributed by atoms with E-state index in [1.165, 1.54) is 12.1 Å². The Labute approximate surface area is 262 Å². The van der Waals surface area contributed by atoms with Crippen molar-refractivity contribution in [3.63, 3.8) is 0 Å². The van der Waals surface area contributed by atoms with E-state index < -0.39 is 66.4 Å². The van der Waals surface area contributed by atoms with Gasteiger partial charge < -0.3 is 25.4 Å². The van der Waals surface area contributed by atoms with Crippen molar-refractivity contribution >= 4 is 29.4 Å². The monoisotopic (exact) mass is 665 g/mol. The fraction of sp³-hybridized carbons (Fsp3) is 0.621. The van der Waals surface area contributed by atoms with Crippen molar-refractivity contribution in [1.29, 1.82) is 0 Å². The summed E-state index contributed by atoms with van der Waals surface area (Å²) >= 11 is 6.57. The van der Waals surface area contributed by atoms with Crippen molar-refractivity contribution in [2.24, 2.45) is 22.9 Å². The lowest BCUT2D eigenvalue weighted by Crippen LogP contribution is -2.52. The van der Waals surface area contributed by atoms with Crippen LogP contribution in [0, 0.1) is 11.3 Å². The zero-order valence-electron chi connectivity index (χ0n) is 24.7. The van der Waals surface area contributed by atoms with Gasteiger partial charge in [0, 0.05) is 36.6 Å². The first-order valence-electron chi connectivity index (χ1n) is 14.7. The summed E-state index contributed by atoms with van der Waals surface area (Å²) in [6, 6.07) is 2.09. The minimum Gasteiger partial charge on any atom is -0.487 e. The number of halogens is 6. The van der Waals surface area contributed by atoms with Crippen molar-refractivity contribution in [2.45, 2.75) is 70.5 Å². The second-order valence-corrected chi connectivity index (χ2v) is 12.3. The molecule has 2 amide bonds. The van der Waals surface area contributed by atoms with Gasteiger partial charge >= 0.3 is 12.1 Å². The number of aliphatic carboxylic acids is 1. The Bertz CT molecular complexity index is 1350. The number of carboxylic acid groups (broad SMARTS) is 1. The summed E-state index contributed by atoms with van der Waals surface area (Å²) in [5, 5.41) is 10.2. The van der Waals surface area contributed by atoms with E-state index in [2.05, 4.69) is 0 Å². The second-order valence-electron chi connectivity index (χ2n) is 11.9. The standard InChI is InChI=1S/C29H37ClF5N5O5/c1-28(27(43)44)10-3-2-5-17(28)26(42)39-12-9-16-18(30)7-8-21(23(16)20(39)13-38-11-4-6-22(38)41)45-14-19(36)24(25(31)32)40(37)15-29(33,34)35/h7-8,17,20,25H,2-6,9-15,36-37H2,1H3,(H,43,44)/b24-19-/t17-,20+,28-/m0/s1. The number of fused-ring (bicyclic) bond motifs is 1. The van der Waals surface area contributed by atoms with Crippen LogP contribution in [0.4, 0.5) is 22.0 Å². The molecule has 0 unspecified atom stereocenters. The predicted molar refractivity (Wildman–Crippen MR) is 153 cm³/mol. The molecular formula is C29H37ClF5N5O5. The third kappa shape index (κ3) is 7.40. The molecule has 0 radical (unpaired) electrons. The molecule has 3 aliphatic rings. The van der Waals surface area contributed by atoms with Crippen LogP contribution < -0.4 is 16.3 Å². The van der Waals surface area contributed by atoms with Gasteiger partial charge in [0.1, 0.15) is 24.6 Å². The average molecular weight is 666 g/mol. The molecule has 0 aromatic heterocycles. The normalized spacial score (nSPS) is 24.4. The lowest BCUT2D eigenvalue weighted by Gasteiger charge is -2.45. The van der Waals surface area contributed by atoms with Gasteiger partial charge in [0.05, 0.1) is 23.1 Å². The van der Waals surface area contributed by atoms with Gasteiger partial charge in [0.15, 0.2) is 0 Å². The molecule has 45 heavy (non-hydrogen) atoms. The number of nitrogens with zero attached hydrogens (tertiary/aromatic N) is 3. The summed E-state index contributed by atoms with van der Waals surface area (Å²) in [6.45, 7) is -0.440. The highest BCUT2D eigenvalue weighted by atomic mass is 35.5. The molecular weight excluding hydrogens is 629 g/mol. The highest BCUT2D eigenvalue weighted by molar-refractivity contribution is 6.31. The lowest BCUT2D eigenvalue weighted by molar-refractivity contribution is -0.162. The first-order chi connectivity index (χ1) is 21.0. The number of carboxylic acids is 1. The van der Waals surface area contributed by atoms with E-state index in [1.54, 1.807) is 16.7 Å². The van der Waals surface area contributed by atoms with Gasteiger partial charge in [-0.2, -0.15) is 13.2 Å². The van der Waals surface area contributed by atoms with Crippen molar-refractivity contribution < 1.29 is 46.2 Å². The molecule has 250 valence electrons. The molecule has 0 spiro atoms. The van der Waals surface area contributed by atoms with Gasteiger partial charge in [0.2, 0.25) is 11.8 Å². The number of carbonyl (C=O) groups excluding carboxylic acids is 2. The number of hydrazine groups is 1. The maximum Gasteiger partial charge on any atom is 0.407 e. The van der Waals surface area contributed by atoms with Gasteiger partial charge in [-0.3, -0.25) is 19.4 Å². The lowest BCUT2D eigenvalue weighted by atomic mass is 9.66. The van der Waals surface area contributed by atoms with E-state index in [0.29, 0.717) is 61.2 Å². The van der Waals surface area contributed by atoms with Gasteiger partial charge in [-0.1, -0.05) is 24.4 Å². The molecule has 1 aromatic rings. The fourth-order valence-electron chi connectivity index (χ4n) is 6.61. The van der Waals surface area contributed by atoms with Crippen molar-refractivity contribution in [2.75, 3.05) is 32.8 Å². The molecule has 10 nitrogen and oxygen atoms in total. The number of allylic oxidation sites excluding steroid dienone is 1. The number of benzene rings is 1. The fourth-order valence-corrected chi connectivity index (χ4v) is 6.87. The molecule has 2 heterocycles. The third-order valence-electron chi connectivity index (χ3n) is 8.99. The zero-order chi connectivity index (χ0) is 33.3. The van der Waals surface area contributed by atoms with Gasteiger partial charge in [0.25, 0.3) is 6.43 Å². The molecule has 4 rings (SSSR count). The highest BCUT2D eigenvalue weighted by Gasteiger charge is 2.50. The summed E-state index contributed by atoms with van der Waals surface area (Å²) in [5.41, 5.74) is 3.47. The van der Waals surface area contributed by atoms with E-state index in [1.807, 2.05) is 0 Å². The Hall–Kier alpha value is -3.33. The van der Waals surface area contributed by atoms with Crippen LogP contribution >= 0.6 is 11.6 Å². The van der Waals surface area contributed by atoms with E-state index in [0.717, 1.165) is 0 Å². The second kappa shape index (κ2) is 13.6. The third-order valence-corrected chi connectivity index (χ3v) is 9.35. The first-order valence-corrected chi connectivity index (χ1v) is 15.0. The Morgan fingerprint density at radius 2 is 1.91 bits per heavy atom. The van der Waals surface area contributed by atoms with Gasteiger partial charge in [-0.25, -0.2) is 14.6 Å². The smallest absolute Gasteiger partial charge is 0.407 e. The molecule has 5 N–H and O–H groups in total. The number of likely N-dealkylation sites (tertiary alicyclic amines) is 1. The number of ether oxygens (including phenoxy) is 1. The van der Waals surface area contributed by atoms with Crippen LogP contribution in [-0.2, 0) is 20.8 Å². The molecule has 0 bridgehead atoms. The molecule has 1 aromatic carbocycles. The summed E-state index contributed by atoms with van der Waals surface area (Å²) in [4.78, 5) is 42.4. The van der Waals surface area contributed by atoms with Crippen molar-refractivity contribution in [1.82, 2.24) is 14.8 Å². The van der Waals surface area contributed by atoms with Crippen LogP contribution in [0.15, 0.2) is 23.5 Å². The predicted octanol–water partition coefficient (Wildman–Crippen LogP) is 4.22. The van der Waals surface area contributed by atoms with Crippen molar-refractivity contribution in [3.05, 3.63) is 39.7 Å². The van der Waals surface area contributed by atoms with Crippen LogP contribution in [0.5, 0.6) is 5.75 Å². The Kier molecular flexibility index (Phi) is 10.4. The highest BCUT2D eigenvalue weighted by Crippen LogP contribution is 2.46. The van der Waals surface area contributed by atoms with Crippen LogP contribution in [0.25, 0.3) is 0 Å². The maximum absolute atomic E-state index is 14.2. The number of carbonyl (C=O) groups is 3. The Morgan fingerprint density at radius 1 is 1.20 bits per heavy atom. The summed E-state index contributed by atoms with van der Waals surface area (Å²) in [7, 11) is 0. The number of hydrogen-bond donors (Lipinski definition) is 3. The molecule has 1 aliphatic carbocycles. The van der Waals surface area contributed by atoms with Crippen LogP contribution in [0.2, 0.25) is 5.02 Å². The number of hydrogen-bond acceptors (Lipinski definition) is 7. The molecule has 2 fully saturated rings. The van der Waals surface area contributed by atoms with E-state index >= 15 is 0 Å². The quantitative estimate of drug-likeness (QED) is 0.192. The van der Waals surface area contributed by atoms with Crippen LogP contribution in [0.3, 0.4) is 0 Å². The van der Waals surface area contributed by atoms with Crippen LogP contribution in [-0.4, -0.2) is 83.1 Å². The number of amides is 2. The molecule has 3 atom stereocenters. The van der Waals surface area contributed by atoms with Crippen LogP contribution in [0.1, 0.15) is 62.6 Å². The summed E-state index contributed by atoms with van der Waals surface area (Å²) < 4.78 is 72.0. The minimum absolute atomic E-state index is 0.0422. The van der Waals surface area contributed by atoms with E-state index in [9.17, 15) is 41.4 Å². The molecule has 1 saturated heterocycles. The van der Waals surface area contributed by atoms with Crippen molar-refractivity contribution in [3.8, 4) is 5.75 Å². The average Bonchev–Trinajstić information content (AvgIpc) is 3.35. The number of nitrogens with two attached hydrogens (primary N) is 2. The minimum atomic E-state index is -4.88. The largest absolute Gasteiger partial charge is 0.487 e. The van der Waals surface area contributed by atoms with E-state index in [4.69, 9.17) is 27.9 Å². The maximum atomic E-state index is 14.2. The SMILES string of the molecule is C[C@]1(C(=O)O)CCCC[C@H]1C(=O)N1CCc2c(Cl)ccc(OC/C(N)=C(\C(F)F)N(N)CC(F)(F)F)c2[C@H]1CN1CCCC1=O. The molecule has 16 heteroatoms. The summed E-state index contributed by atoms with van der Waals surface area (Å²) in [5.74, 6) is 2.94. The topological polar surface area (TPSA) is 142 Å². The zero-order valence-corrected chi connectivity index (χ0v) is 25.5. The van der Waals surface area contributed by atoms with Gasteiger partial charge in [-0.15, -0.1) is 0 Å².